The van der Waals surface area contributed by atoms with E-state index >= 15 is 0 Å². The first-order valence-corrected chi connectivity index (χ1v) is 3.85. The molecule has 0 aromatic carbocycles. The van der Waals surface area contributed by atoms with Gasteiger partial charge in [-0.1, -0.05) is 18.6 Å². The molecule has 1 heteroatoms. The molecule has 0 unspecified atom stereocenters. The summed E-state index contributed by atoms with van der Waals surface area (Å²) in [6, 6.07) is 0. The zero-order valence-electron chi connectivity index (χ0n) is 6.63. The number of carbonyl (C=O) groups excluding carboxylic acids is 1. The lowest BCUT2D eigenvalue weighted by Gasteiger charge is -2.22. The Hall–Kier alpha value is -0.590. The topological polar surface area (TPSA) is 17.1 Å². The summed E-state index contributed by atoms with van der Waals surface area (Å²) in [5, 5.41) is 0. The molecule has 0 aliphatic heterocycles. The standard InChI is InChI=1S/C9H14O/c1-7-3-4-9(6-10)8(2)5-7/h3,6,8-9H,4-5H2,1-2H3/t8-,9+/m0/s1. The van der Waals surface area contributed by atoms with Gasteiger partial charge in [0, 0.05) is 5.92 Å². The van der Waals surface area contributed by atoms with Crippen LogP contribution in [0.15, 0.2) is 11.6 Å². The van der Waals surface area contributed by atoms with E-state index in [1.165, 1.54) is 5.57 Å². The van der Waals surface area contributed by atoms with Crippen molar-refractivity contribution in [3.63, 3.8) is 0 Å². The summed E-state index contributed by atoms with van der Waals surface area (Å²) in [5.74, 6) is 0.839. The quantitative estimate of drug-likeness (QED) is 0.401. The second-order valence-corrected chi connectivity index (χ2v) is 3.27. The van der Waals surface area contributed by atoms with Crippen molar-refractivity contribution >= 4 is 6.29 Å². The molecular formula is C9H14O. The van der Waals surface area contributed by atoms with Gasteiger partial charge in [0.2, 0.25) is 0 Å². The van der Waals surface area contributed by atoms with E-state index in [0.29, 0.717) is 5.92 Å². The molecule has 1 aliphatic carbocycles. The number of allylic oxidation sites excluding steroid dienone is 2. The minimum Gasteiger partial charge on any atom is -0.303 e. The molecule has 1 aliphatic rings. The Morgan fingerprint density at radius 2 is 2.40 bits per heavy atom. The lowest BCUT2D eigenvalue weighted by Crippen LogP contribution is -2.16. The van der Waals surface area contributed by atoms with Gasteiger partial charge < -0.3 is 4.79 Å². The highest BCUT2D eigenvalue weighted by Crippen LogP contribution is 2.27. The highest BCUT2D eigenvalue weighted by molar-refractivity contribution is 5.55. The second-order valence-electron chi connectivity index (χ2n) is 3.27. The Balaban J connectivity index is 2.60. The summed E-state index contributed by atoms with van der Waals surface area (Å²) in [4.78, 5) is 10.4. The first-order chi connectivity index (χ1) is 4.74. The van der Waals surface area contributed by atoms with Crippen LogP contribution in [0.1, 0.15) is 26.7 Å². The maximum absolute atomic E-state index is 10.4. The number of rotatable bonds is 1. The third-order valence-corrected chi connectivity index (χ3v) is 2.29. The van der Waals surface area contributed by atoms with Gasteiger partial charge in [0.25, 0.3) is 0 Å². The Morgan fingerprint density at radius 3 is 2.90 bits per heavy atom. The van der Waals surface area contributed by atoms with Gasteiger partial charge in [-0.25, -0.2) is 0 Å². The monoisotopic (exact) mass is 138 g/mol. The molecule has 0 radical (unpaired) electrons. The average Bonchev–Trinajstić information content (AvgIpc) is 1.88. The molecule has 0 fully saturated rings. The Kier molecular flexibility index (Phi) is 2.25. The van der Waals surface area contributed by atoms with E-state index in [1.54, 1.807) is 0 Å². The molecule has 0 N–H and O–H groups in total. The number of hydrogen-bond acceptors (Lipinski definition) is 1. The van der Waals surface area contributed by atoms with E-state index in [4.69, 9.17) is 0 Å². The SMILES string of the molecule is CC1=CC[C@H](C=O)[C@@H](C)C1. The predicted molar refractivity (Wildman–Crippen MR) is 41.7 cm³/mol. The average molecular weight is 138 g/mol. The summed E-state index contributed by atoms with van der Waals surface area (Å²) < 4.78 is 0. The van der Waals surface area contributed by atoms with Crippen molar-refractivity contribution in [1.29, 1.82) is 0 Å². The van der Waals surface area contributed by atoms with E-state index in [-0.39, 0.29) is 5.92 Å². The van der Waals surface area contributed by atoms with Crippen molar-refractivity contribution in [2.75, 3.05) is 0 Å². The summed E-state index contributed by atoms with van der Waals surface area (Å²) in [6.45, 7) is 4.28. The van der Waals surface area contributed by atoms with E-state index < -0.39 is 0 Å². The van der Waals surface area contributed by atoms with E-state index in [0.717, 1.165) is 19.1 Å². The number of aldehydes is 1. The Labute approximate surface area is 62.1 Å². The van der Waals surface area contributed by atoms with Crippen LogP contribution in [0.5, 0.6) is 0 Å². The van der Waals surface area contributed by atoms with Crippen molar-refractivity contribution < 1.29 is 4.79 Å². The molecule has 0 aromatic rings. The molecular weight excluding hydrogens is 124 g/mol. The Morgan fingerprint density at radius 1 is 1.70 bits per heavy atom. The minimum absolute atomic E-state index is 0.281. The van der Waals surface area contributed by atoms with Gasteiger partial charge in [-0.15, -0.1) is 0 Å². The zero-order valence-corrected chi connectivity index (χ0v) is 6.63. The second kappa shape index (κ2) is 3.00. The van der Waals surface area contributed by atoms with Crippen molar-refractivity contribution in [3.8, 4) is 0 Å². The highest BCUT2D eigenvalue weighted by atomic mass is 16.1. The lowest BCUT2D eigenvalue weighted by molar-refractivity contribution is -0.112. The van der Waals surface area contributed by atoms with Crippen LogP contribution in [0.2, 0.25) is 0 Å². The highest BCUT2D eigenvalue weighted by Gasteiger charge is 2.19. The van der Waals surface area contributed by atoms with Crippen LogP contribution in [0, 0.1) is 11.8 Å². The van der Waals surface area contributed by atoms with Crippen LogP contribution in [0.25, 0.3) is 0 Å². The minimum atomic E-state index is 0.281. The fraction of sp³-hybridized carbons (Fsp3) is 0.667. The third kappa shape index (κ3) is 1.47. The molecule has 56 valence electrons. The van der Waals surface area contributed by atoms with Crippen molar-refractivity contribution in [2.45, 2.75) is 26.7 Å². The normalized spacial score (nSPS) is 33.2. The van der Waals surface area contributed by atoms with Crippen LogP contribution >= 0.6 is 0 Å². The summed E-state index contributed by atoms with van der Waals surface area (Å²) in [7, 11) is 0. The first kappa shape index (κ1) is 7.52. The molecule has 0 heterocycles. The van der Waals surface area contributed by atoms with Gasteiger partial charge in [0.05, 0.1) is 0 Å². The summed E-state index contributed by atoms with van der Waals surface area (Å²) in [6.07, 6.45) is 5.33. The fourth-order valence-corrected chi connectivity index (χ4v) is 1.50. The van der Waals surface area contributed by atoms with Crippen LogP contribution in [-0.4, -0.2) is 6.29 Å². The molecule has 2 atom stereocenters. The summed E-state index contributed by atoms with van der Waals surface area (Å²) in [5.41, 5.74) is 1.44. The van der Waals surface area contributed by atoms with Crippen LogP contribution in [0.3, 0.4) is 0 Å². The first-order valence-electron chi connectivity index (χ1n) is 3.85. The molecule has 10 heavy (non-hydrogen) atoms. The van der Waals surface area contributed by atoms with Crippen molar-refractivity contribution in [1.82, 2.24) is 0 Å². The van der Waals surface area contributed by atoms with Gasteiger partial charge in [-0.2, -0.15) is 0 Å². The molecule has 1 rings (SSSR count). The number of hydrogen-bond donors (Lipinski definition) is 0. The van der Waals surface area contributed by atoms with Gasteiger partial charge in [-0.3, -0.25) is 0 Å². The van der Waals surface area contributed by atoms with E-state index in [2.05, 4.69) is 19.9 Å². The van der Waals surface area contributed by atoms with Crippen molar-refractivity contribution in [2.24, 2.45) is 11.8 Å². The molecule has 0 aromatic heterocycles. The largest absolute Gasteiger partial charge is 0.303 e. The van der Waals surface area contributed by atoms with Gasteiger partial charge in [0.1, 0.15) is 6.29 Å². The van der Waals surface area contributed by atoms with Crippen LogP contribution in [0.4, 0.5) is 0 Å². The molecule has 0 saturated heterocycles. The molecule has 0 bridgehead atoms. The van der Waals surface area contributed by atoms with E-state index in [9.17, 15) is 4.79 Å². The predicted octanol–water partition coefficient (Wildman–Crippen LogP) is 2.18. The van der Waals surface area contributed by atoms with Crippen molar-refractivity contribution in [3.05, 3.63) is 11.6 Å². The van der Waals surface area contributed by atoms with E-state index in [1.807, 2.05) is 0 Å². The molecule has 1 nitrogen and oxygen atoms in total. The summed E-state index contributed by atoms with van der Waals surface area (Å²) >= 11 is 0. The van der Waals surface area contributed by atoms with Crippen LogP contribution in [-0.2, 0) is 4.79 Å². The van der Waals surface area contributed by atoms with Crippen LogP contribution < -0.4 is 0 Å². The van der Waals surface area contributed by atoms with Gasteiger partial charge in [-0.05, 0) is 25.7 Å². The molecule has 0 amide bonds. The Bertz CT molecular complexity index is 158. The smallest absolute Gasteiger partial charge is 0.123 e. The van der Waals surface area contributed by atoms with Gasteiger partial charge >= 0.3 is 0 Å². The zero-order chi connectivity index (χ0) is 7.56. The maximum atomic E-state index is 10.4. The third-order valence-electron chi connectivity index (χ3n) is 2.29. The molecule has 0 saturated carbocycles. The maximum Gasteiger partial charge on any atom is 0.123 e. The number of carbonyl (C=O) groups is 1. The lowest BCUT2D eigenvalue weighted by atomic mass is 9.82. The van der Waals surface area contributed by atoms with Gasteiger partial charge in [0.15, 0.2) is 0 Å². The molecule has 0 spiro atoms. The fourth-order valence-electron chi connectivity index (χ4n) is 1.50.